The van der Waals surface area contributed by atoms with Crippen molar-refractivity contribution >= 4 is 17.7 Å². The summed E-state index contributed by atoms with van der Waals surface area (Å²) in [6, 6.07) is 9.17. The van der Waals surface area contributed by atoms with E-state index in [9.17, 15) is 14.7 Å². The zero-order valence-corrected chi connectivity index (χ0v) is 16.6. The van der Waals surface area contributed by atoms with Crippen LogP contribution in [0.1, 0.15) is 44.6 Å². The summed E-state index contributed by atoms with van der Waals surface area (Å²) < 4.78 is 0.308. The van der Waals surface area contributed by atoms with Gasteiger partial charge in [0.2, 0.25) is 5.91 Å². The number of rotatable bonds is 1. The highest BCUT2D eigenvalue weighted by atomic mass is 16.4. The molecule has 3 fully saturated rings. The monoisotopic (exact) mass is 384 g/mol. The molecule has 0 aromatic heterocycles. The maximum atomic E-state index is 12.1. The predicted octanol–water partition coefficient (Wildman–Crippen LogP) is 2.82. The SMILES string of the molecule is CC(=O)N1CCC2(CCN(C3CC4CC[N+]4(C(=O)O)C3)CC2)c2ccccc21. The lowest BCUT2D eigenvalue weighted by atomic mass is 9.67. The van der Waals surface area contributed by atoms with Crippen LogP contribution < -0.4 is 4.90 Å². The van der Waals surface area contributed by atoms with E-state index in [0.717, 1.165) is 70.5 Å². The van der Waals surface area contributed by atoms with Gasteiger partial charge in [-0.1, -0.05) is 18.2 Å². The van der Waals surface area contributed by atoms with Crippen molar-refractivity contribution < 1.29 is 19.2 Å². The number of carbonyl (C=O) groups is 2. The van der Waals surface area contributed by atoms with Crippen LogP contribution in [-0.2, 0) is 10.2 Å². The van der Waals surface area contributed by atoms with E-state index in [2.05, 4.69) is 23.1 Å². The molecule has 5 rings (SSSR count). The van der Waals surface area contributed by atoms with Gasteiger partial charge in [-0.15, -0.1) is 0 Å². The first-order chi connectivity index (χ1) is 13.5. The van der Waals surface area contributed by atoms with Crippen molar-refractivity contribution in [3.63, 3.8) is 0 Å². The molecule has 1 aromatic carbocycles. The minimum Gasteiger partial charge on any atom is -0.435 e. The quantitative estimate of drug-likeness (QED) is 0.757. The third-order valence-corrected chi connectivity index (χ3v) is 8.25. The van der Waals surface area contributed by atoms with E-state index in [1.165, 1.54) is 5.56 Å². The molecule has 1 aromatic rings. The van der Waals surface area contributed by atoms with Crippen LogP contribution in [0.3, 0.4) is 0 Å². The molecule has 3 unspecified atom stereocenters. The Kier molecular flexibility index (Phi) is 4.07. The van der Waals surface area contributed by atoms with Crippen LogP contribution in [0.2, 0.25) is 0 Å². The number of benzene rings is 1. The molecule has 1 N–H and O–H groups in total. The first kappa shape index (κ1) is 18.1. The van der Waals surface area contributed by atoms with Crippen molar-refractivity contribution in [2.45, 2.75) is 56.5 Å². The fraction of sp³-hybridized carbons (Fsp3) is 0.636. The van der Waals surface area contributed by atoms with Crippen molar-refractivity contribution in [3.05, 3.63) is 29.8 Å². The lowest BCUT2D eigenvalue weighted by Crippen LogP contribution is -2.65. The molecule has 2 amide bonds. The second-order valence-electron chi connectivity index (χ2n) is 9.31. The van der Waals surface area contributed by atoms with Gasteiger partial charge in [0.05, 0.1) is 19.0 Å². The molecule has 3 atom stereocenters. The Hall–Kier alpha value is -1.92. The van der Waals surface area contributed by atoms with Gasteiger partial charge in [0.25, 0.3) is 0 Å². The van der Waals surface area contributed by atoms with Crippen LogP contribution >= 0.6 is 0 Å². The highest BCUT2D eigenvalue weighted by molar-refractivity contribution is 5.93. The molecule has 6 heteroatoms. The number of hydrogen-bond acceptors (Lipinski definition) is 3. The molecule has 3 saturated heterocycles. The average molecular weight is 385 g/mol. The van der Waals surface area contributed by atoms with Crippen LogP contribution in [0.15, 0.2) is 24.3 Å². The maximum absolute atomic E-state index is 12.1. The number of nitrogens with zero attached hydrogens (tertiary/aromatic N) is 3. The third kappa shape index (κ3) is 2.47. The number of fused-ring (bicyclic) bond motifs is 3. The van der Waals surface area contributed by atoms with Crippen LogP contribution in [0, 0.1) is 0 Å². The van der Waals surface area contributed by atoms with Crippen LogP contribution in [0.4, 0.5) is 10.5 Å². The highest BCUT2D eigenvalue weighted by Crippen LogP contribution is 2.48. The summed E-state index contributed by atoms with van der Waals surface area (Å²) in [6.07, 6.45) is 4.70. The Morgan fingerprint density at radius 2 is 1.86 bits per heavy atom. The first-order valence-electron chi connectivity index (χ1n) is 10.7. The summed E-state index contributed by atoms with van der Waals surface area (Å²) in [5.74, 6) is 0.123. The minimum atomic E-state index is -0.627. The molecule has 0 radical (unpaired) electrons. The highest BCUT2D eigenvalue weighted by Gasteiger charge is 2.60. The molecule has 150 valence electrons. The number of para-hydroxylation sites is 1. The third-order valence-electron chi connectivity index (χ3n) is 8.25. The van der Waals surface area contributed by atoms with Gasteiger partial charge in [-0.2, -0.15) is 4.79 Å². The summed E-state index contributed by atoms with van der Waals surface area (Å²) in [6.45, 7) is 6.11. The molecule has 4 aliphatic heterocycles. The number of quaternary nitrogens is 1. The zero-order chi connectivity index (χ0) is 19.5. The predicted molar refractivity (Wildman–Crippen MR) is 106 cm³/mol. The number of hydrogen-bond donors (Lipinski definition) is 1. The normalized spacial score (nSPS) is 33.8. The first-order valence-corrected chi connectivity index (χ1v) is 10.7. The largest absolute Gasteiger partial charge is 0.513 e. The van der Waals surface area contributed by atoms with E-state index >= 15 is 0 Å². The average Bonchev–Trinajstić information content (AvgIpc) is 2.94. The molecular formula is C22H30N3O3+. The molecule has 1 spiro atoms. The Morgan fingerprint density at radius 3 is 2.46 bits per heavy atom. The number of carboxylic acid groups (broad SMARTS) is 1. The number of amides is 2. The molecule has 4 heterocycles. The van der Waals surface area contributed by atoms with E-state index in [0.29, 0.717) is 16.6 Å². The lowest BCUT2D eigenvalue weighted by molar-refractivity contribution is -0.910. The second-order valence-corrected chi connectivity index (χ2v) is 9.31. The summed E-state index contributed by atoms with van der Waals surface area (Å²) >= 11 is 0. The van der Waals surface area contributed by atoms with Crippen molar-refractivity contribution in [2.75, 3.05) is 37.6 Å². The van der Waals surface area contributed by atoms with Crippen molar-refractivity contribution in [1.82, 2.24) is 4.90 Å². The van der Waals surface area contributed by atoms with Crippen molar-refractivity contribution in [1.29, 1.82) is 0 Å². The van der Waals surface area contributed by atoms with Crippen LogP contribution in [0.25, 0.3) is 0 Å². The molecule has 0 aliphatic carbocycles. The summed E-state index contributed by atoms with van der Waals surface area (Å²) in [5, 5.41) is 9.71. The molecular weight excluding hydrogens is 354 g/mol. The van der Waals surface area contributed by atoms with Gasteiger partial charge in [-0.25, -0.2) is 4.48 Å². The van der Waals surface area contributed by atoms with Gasteiger partial charge in [0, 0.05) is 31.0 Å². The fourth-order valence-electron chi connectivity index (χ4n) is 6.44. The summed E-state index contributed by atoms with van der Waals surface area (Å²) in [5.41, 5.74) is 2.59. The van der Waals surface area contributed by atoms with Gasteiger partial charge >= 0.3 is 6.09 Å². The fourth-order valence-corrected chi connectivity index (χ4v) is 6.44. The number of piperidine rings is 1. The van der Waals surface area contributed by atoms with Crippen LogP contribution in [-0.4, -0.2) is 71.3 Å². The summed E-state index contributed by atoms with van der Waals surface area (Å²) in [4.78, 5) is 28.4. The molecule has 0 bridgehead atoms. The second kappa shape index (κ2) is 6.29. The Labute approximate surface area is 166 Å². The lowest BCUT2D eigenvalue weighted by Gasteiger charge is -2.48. The number of anilines is 1. The molecule has 28 heavy (non-hydrogen) atoms. The van der Waals surface area contributed by atoms with E-state index in [4.69, 9.17) is 0 Å². The molecule has 6 nitrogen and oxygen atoms in total. The number of likely N-dealkylation sites (tertiary alicyclic amines) is 1. The standard InChI is InChI=1S/C22H29N3O3/c1-16(26)24-12-9-22(19-4-2-3-5-20(19)24)7-10-23(11-8-22)17-14-18-6-13-25(18,15-17)21(27)28/h2-5,17-18H,6-15H2,1H3/p+1. The Balaban J connectivity index is 1.33. The van der Waals surface area contributed by atoms with Gasteiger partial charge < -0.3 is 10.0 Å². The smallest absolute Gasteiger partial charge is 0.435 e. The Morgan fingerprint density at radius 1 is 1.14 bits per heavy atom. The van der Waals surface area contributed by atoms with Gasteiger partial charge in [-0.3, -0.25) is 9.69 Å². The van der Waals surface area contributed by atoms with Gasteiger partial charge in [0.15, 0.2) is 0 Å². The number of carbonyl (C=O) groups excluding carboxylic acids is 1. The minimum absolute atomic E-state index is 0.123. The maximum Gasteiger partial charge on any atom is 0.513 e. The topological polar surface area (TPSA) is 60.9 Å². The van der Waals surface area contributed by atoms with Gasteiger partial charge in [0.1, 0.15) is 12.6 Å². The Bertz CT molecular complexity index is 817. The van der Waals surface area contributed by atoms with E-state index in [1.54, 1.807) is 6.92 Å². The van der Waals surface area contributed by atoms with Crippen molar-refractivity contribution in [2.24, 2.45) is 0 Å². The van der Waals surface area contributed by atoms with E-state index in [-0.39, 0.29) is 11.3 Å². The summed E-state index contributed by atoms with van der Waals surface area (Å²) in [7, 11) is 0. The van der Waals surface area contributed by atoms with Gasteiger partial charge in [-0.05, 0) is 44.0 Å². The zero-order valence-electron chi connectivity index (χ0n) is 16.6. The molecule has 0 saturated carbocycles. The van der Waals surface area contributed by atoms with E-state index in [1.807, 2.05) is 11.0 Å². The van der Waals surface area contributed by atoms with E-state index < -0.39 is 6.09 Å². The molecule has 4 aliphatic rings. The van der Waals surface area contributed by atoms with Crippen molar-refractivity contribution in [3.8, 4) is 0 Å². The van der Waals surface area contributed by atoms with Crippen LogP contribution in [0.5, 0.6) is 0 Å².